The molecular formula is C10H19NO2. The minimum Gasteiger partial charge on any atom is -0.359 e. The molecular weight excluding hydrogens is 166 g/mol. The molecule has 1 amide bonds. The summed E-state index contributed by atoms with van der Waals surface area (Å²) in [6.45, 7) is 5.58. The van der Waals surface area contributed by atoms with Crippen LogP contribution in [0.15, 0.2) is 0 Å². The van der Waals surface area contributed by atoms with Gasteiger partial charge in [-0.25, -0.2) is 0 Å². The fourth-order valence-corrected chi connectivity index (χ4v) is 1.74. The molecule has 0 radical (unpaired) electrons. The van der Waals surface area contributed by atoms with E-state index in [1.54, 1.807) is 0 Å². The Kier molecular flexibility index (Phi) is 4.22. The van der Waals surface area contributed by atoms with E-state index in [0.29, 0.717) is 13.0 Å². The van der Waals surface area contributed by atoms with Gasteiger partial charge in [0, 0.05) is 19.6 Å². The highest BCUT2D eigenvalue weighted by molar-refractivity contribution is 5.76. The van der Waals surface area contributed by atoms with Crippen molar-refractivity contribution < 1.29 is 9.53 Å². The Morgan fingerprint density at radius 1 is 1.54 bits per heavy atom. The highest BCUT2D eigenvalue weighted by Crippen LogP contribution is 2.19. The highest BCUT2D eigenvalue weighted by atomic mass is 16.5. The van der Waals surface area contributed by atoms with Crippen LogP contribution < -0.4 is 0 Å². The first-order valence-electron chi connectivity index (χ1n) is 5.20. The van der Waals surface area contributed by atoms with Crippen LogP contribution in [0, 0.1) is 0 Å². The summed E-state index contributed by atoms with van der Waals surface area (Å²) in [6.07, 6.45) is 3.73. The number of carbonyl (C=O) groups is 1. The van der Waals surface area contributed by atoms with Gasteiger partial charge in [0.25, 0.3) is 0 Å². The van der Waals surface area contributed by atoms with Gasteiger partial charge in [0.2, 0.25) is 5.91 Å². The van der Waals surface area contributed by atoms with Crippen molar-refractivity contribution in [2.75, 3.05) is 13.2 Å². The van der Waals surface area contributed by atoms with Gasteiger partial charge in [-0.05, 0) is 26.2 Å². The van der Waals surface area contributed by atoms with Crippen molar-refractivity contribution in [1.82, 2.24) is 4.90 Å². The molecule has 1 heterocycles. The zero-order valence-corrected chi connectivity index (χ0v) is 8.58. The number of amides is 1. The Balaban J connectivity index is 2.42. The fourth-order valence-electron chi connectivity index (χ4n) is 1.74. The van der Waals surface area contributed by atoms with Gasteiger partial charge in [0.05, 0.1) is 0 Å². The highest BCUT2D eigenvalue weighted by Gasteiger charge is 2.27. The average molecular weight is 185 g/mol. The van der Waals surface area contributed by atoms with Gasteiger partial charge in [0.1, 0.15) is 6.23 Å². The summed E-state index contributed by atoms with van der Waals surface area (Å²) in [4.78, 5) is 13.5. The normalized spacial score (nSPS) is 22.3. The average Bonchev–Trinajstić information content (AvgIpc) is 2.54. The van der Waals surface area contributed by atoms with Crippen molar-refractivity contribution in [2.45, 2.75) is 45.8 Å². The molecule has 76 valence electrons. The van der Waals surface area contributed by atoms with Crippen LogP contribution in [0.1, 0.15) is 39.5 Å². The largest absolute Gasteiger partial charge is 0.359 e. The maximum atomic E-state index is 11.6. The van der Waals surface area contributed by atoms with Crippen molar-refractivity contribution in [3.63, 3.8) is 0 Å². The summed E-state index contributed by atoms with van der Waals surface area (Å²) in [7, 11) is 0. The van der Waals surface area contributed by atoms with Gasteiger partial charge in [-0.1, -0.05) is 6.92 Å². The second-order valence-corrected chi connectivity index (χ2v) is 3.39. The molecule has 1 unspecified atom stereocenters. The van der Waals surface area contributed by atoms with Crippen LogP contribution in [-0.2, 0) is 9.53 Å². The number of ether oxygens (including phenoxy) is 1. The van der Waals surface area contributed by atoms with E-state index in [4.69, 9.17) is 4.74 Å². The molecule has 1 aliphatic heterocycles. The van der Waals surface area contributed by atoms with Crippen LogP contribution in [0.2, 0.25) is 0 Å². The monoisotopic (exact) mass is 185 g/mol. The van der Waals surface area contributed by atoms with Crippen molar-refractivity contribution in [1.29, 1.82) is 0 Å². The third-order valence-corrected chi connectivity index (χ3v) is 2.34. The lowest BCUT2D eigenvalue weighted by Crippen LogP contribution is -2.36. The molecule has 3 heteroatoms. The van der Waals surface area contributed by atoms with E-state index in [9.17, 15) is 4.79 Å². The number of likely N-dealkylation sites (tertiary alicyclic amines) is 1. The summed E-state index contributed by atoms with van der Waals surface area (Å²) in [6, 6.07) is 0. The quantitative estimate of drug-likeness (QED) is 0.668. The Labute approximate surface area is 80.1 Å². The fraction of sp³-hybridized carbons (Fsp3) is 0.900. The van der Waals surface area contributed by atoms with Crippen LogP contribution >= 0.6 is 0 Å². The third-order valence-electron chi connectivity index (χ3n) is 2.34. The molecule has 0 saturated carbocycles. The molecule has 0 spiro atoms. The van der Waals surface area contributed by atoms with E-state index in [1.807, 2.05) is 18.7 Å². The van der Waals surface area contributed by atoms with E-state index in [-0.39, 0.29) is 12.1 Å². The Hall–Kier alpha value is -0.570. The first-order chi connectivity index (χ1) is 6.29. The van der Waals surface area contributed by atoms with E-state index in [1.165, 1.54) is 0 Å². The maximum absolute atomic E-state index is 11.6. The SMILES string of the molecule is CCCC(=O)N1CCCC1OCC. The lowest BCUT2D eigenvalue weighted by Gasteiger charge is -2.24. The van der Waals surface area contributed by atoms with Crippen molar-refractivity contribution in [3.05, 3.63) is 0 Å². The van der Waals surface area contributed by atoms with E-state index < -0.39 is 0 Å². The molecule has 0 aromatic rings. The minimum absolute atomic E-state index is 0.0593. The van der Waals surface area contributed by atoms with Crippen molar-refractivity contribution in [2.24, 2.45) is 0 Å². The topological polar surface area (TPSA) is 29.5 Å². The summed E-state index contributed by atoms with van der Waals surface area (Å²) in [5.74, 6) is 0.249. The van der Waals surface area contributed by atoms with Gasteiger partial charge in [-0.3, -0.25) is 4.79 Å². The number of carbonyl (C=O) groups excluding carboxylic acids is 1. The van der Waals surface area contributed by atoms with Crippen LogP contribution in [-0.4, -0.2) is 30.2 Å². The number of rotatable bonds is 4. The summed E-state index contributed by atoms with van der Waals surface area (Å²) in [5.41, 5.74) is 0. The summed E-state index contributed by atoms with van der Waals surface area (Å²) in [5, 5.41) is 0. The molecule has 0 bridgehead atoms. The predicted octanol–water partition coefficient (Wildman–Crippen LogP) is 1.77. The molecule has 0 aromatic heterocycles. The first-order valence-corrected chi connectivity index (χ1v) is 5.20. The van der Waals surface area contributed by atoms with Crippen LogP contribution in [0.25, 0.3) is 0 Å². The minimum atomic E-state index is 0.0593. The van der Waals surface area contributed by atoms with Crippen molar-refractivity contribution in [3.8, 4) is 0 Å². The maximum Gasteiger partial charge on any atom is 0.224 e. The Morgan fingerprint density at radius 2 is 2.31 bits per heavy atom. The van der Waals surface area contributed by atoms with Gasteiger partial charge in [-0.15, -0.1) is 0 Å². The zero-order valence-electron chi connectivity index (χ0n) is 8.58. The molecule has 1 aliphatic rings. The first kappa shape index (κ1) is 10.5. The standard InChI is InChI=1S/C10H19NO2/c1-3-6-9(12)11-8-5-7-10(11)13-4-2/h10H,3-8H2,1-2H3. The second-order valence-electron chi connectivity index (χ2n) is 3.39. The number of hydrogen-bond acceptors (Lipinski definition) is 2. The zero-order chi connectivity index (χ0) is 9.68. The smallest absolute Gasteiger partial charge is 0.224 e. The number of hydrogen-bond donors (Lipinski definition) is 0. The molecule has 1 saturated heterocycles. The van der Waals surface area contributed by atoms with E-state index in [0.717, 1.165) is 25.8 Å². The van der Waals surface area contributed by atoms with Gasteiger partial charge >= 0.3 is 0 Å². The molecule has 1 atom stereocenters. The lowest BCUT2D eigenvalue weighted by atomic mass is 10.3. The Morgan fingerprint density at radius 3 is 2.92 bits per heavy atom. The van der Waals surface area contributed by atoms with Crippen molar-refractivity contribution >= 4 is 5.91 Å². The molecule has 13 heavy (non-hydrogen) atoms. The summed E-state index contributed by atoms with van der Waals surface area (Å²) >= 11 is 0. The molecule has 3 nitrogen and oxygen atoms in total. The molecule has 0 aromatic carbocycles. The number of nitrogens with zero attached hydrogens (tertiary/aromatic N) is 1. The molecule has 0 aliphatic carbocycles. The Bertz CT molecular complexity index is 170. The van der Waals surface area contributed by atoms with Gasteiger partial charge < -0.3 is 9.64 Å². The van der Waals surface area contributed by atoms with Crippen LogP contribution in [0.3, 0.4) is 0 Å². The van der Waals surface area contributed by atoms with E-state index in [2.05, 4.69) is 0 Å². The van der Waals surface area contributed by atoms with Gasteiger partial charge in [-0.2, -0.15) is 0 Å². The molecule has 1 fully saturated rings. The van der Waals surface area contributed by atoms with Crippen LogP contribution in [0.4, 0.5) is 0 Å². The summed E-state index contributed by atoms with van der Waals surface area (Å²) < 4.78 is 5.49. The lowest BCUT2D eigenvalue weighted by molar-refractivity contribution is -0.141. The molecule has 0 N–H and O–H groups in total. The predicted molar refractivity (Wildman–Crippen MR) is 51.3 cm³/mol. The van der Waals surface area contributed by atoms with Crippen LogP contribution in [0.5, 0.6) is 0 Å². The van der Waals surface area contributed by atoms with E-state index >= 15 is 0 Å². The third kappa shape index (κ3) is 2.69. The second kappa shape index (κ2) is 5.22. The van der Waals surface area contributed by atoms with Gasteiger partial charge in [0.15, 0.2) is 0 Å². The molecule has 1 rings (SSSR count).